The van der Waals surface area contributed by atoms with Crippen molar-refractivity contribution in [3.05, 3.63) is 76.2 Å². The fourth-order valence-electron chi connectivity index (χ4n) is 3.04. The first-order chi connectivity index (χ1) is 14.1. The van der Waals surface area contributed by atoms with Gasteiger partial charge in [0.2, 0.25) is 0 Å². The molecule has 6 nitrogen and oxygen atoms in total. The summed E-state index contributed by atoms with van der Waals surface area (Å²) < 4.78 is 57.3. The molecule has 1 N–H and O–H groups in total. The number of nitrogens with one attached hydrogen (secondary N) is 1. The first-order valence-electron chi connectivity index (χ1n) is 8.85. The molecule has 1 aromatic heterocycles. The van der Waals surface area contributed by atoms with Crippen molar-refractivity contribution in [1.82, 2.24) is 4.57 Å². The van der Waals surface area contributed by atoms with Crippen LogP contribution in [0, 0.1) is 11.6 Å². The van der Waals surface area contributed by atoms with Crippen LogP contribution in [0.1, 0.15) is 5.56 Å². The summed E-state index contributed by atoms with van der Waals surface area (Å²) in [5, 5.41) is 2.91. The number of aromatic nitrogens is 1. The minimum atomic E-state index is -3.29. The number of halogens is 2. The predicted octanol–water partition coefficient (Wildman–Crippen LogP) is 3.63. The van der Waals surface area contributed by atoms with Gasteiger partial charge in [-0.2, -0.15) is 0 Å². The Morgan fingerprint density at radius 2 is 1.77 bits per heavy atom. The molecule has 1 heterocycles. The maximum Gasteiger partial charge on any atom is 0.292 e. The standard InChI is InChI=1S/C21H20F2N2O4S/c1-25-11-14(9-20(29-2)21(25)26)16-8-13(12-30(3,27)28)4-6-18(16)24-19-7-5-15(22)10-17(19)23/h4-11,24H,12H2,1-3H3. The Morgan fingerprint density at radius 1 is 1.07 bits per heavy atom. The van der Waals surface area contributed by atoms with Gasteiger partial charge in [-0.25, -0.2) is 17.2 Å². The summed E-state index contributed by atoms with van der Waals surface area (Å²) in [6, 6.07) is 9.52. The number of pyridine rings is 1. The molecule has 0 aliphatic heterocycles. The summed E-state index contributed by atoms with van der Waals surface area (Å²) >= 11 is 0. The molecule has 158 valence electrons. The minimum Gasteiger partial charge on any atom is -0.491 e. The summed E-state index contributed by atoms with van der Waals surface area (Å²) in [5.41, 5.74) is 1.74. The van der Waals surface area contributed by atoms with Gasteiger partial charge in [0.05, 0.1) is 18.6 Å². The van der Waals surface area contributed by atoms with Crippen molar-refractivity contribution in [2.75, 3.05) is 18.7 Å². The van der Waals surface area contributed by atoms with Crippen LogP contribution in [0.25, 0.3) is 11.1 Å². The molecule has 0 aliphatic rings. The normalized spacial score (nSPS) is 11.4. The van der Waals surface area contributed by atoms with Gasteiger partial charge in [0, 0.05) is 42.4 Å². The van der Waals surface area contributed by atoms with Crippen LogP contribution in [0.5, 0.6) is 5.75 Å². The van der Waals surface area contributed by atoms with Gasteiger partial charge in [-0.1, -0.05) is 6.07 Å². The lowest BCUT2D eigenvalue weighted by atomic mass is 10.0. The summed E-state index contributed by atoms with van der Waals surface area (Å²) in [6.07, 6.45) is 2.69. The molecule has 3 aromatic rings. The van der Waals surface area contributed by atoms with Crippen LogP contribution >= 0.6 is 0 Å². The van der Waals surface area contributed by atoms with E-state index in [1.54, 1.807) is 31.4 Å². The molecule has 0 atom stereocenters. The molecule has 0 radical (unpaired) electrons. The minimum absolute atomic E-state index is 0.0466. The SMILES string of the molecule is COc1cc(-c2cc(CS(C)(=O)=O)ccc2Nc2ccc(F)cc2F)cn(C)c1=O. The Morgan fingerprint density at radius 3 is 2.40 bits per heavy atom. The Bertz CT molecular complexity index is 1270. The fourth-order valence-corrected chi connectivity index (χ4v) is 3.83. The number of methoxy groups -OCH3 is 1. The lowest BCUT2D eigenvalue weighted by molar-refractivity contribution is 0.405. The Hall–Kier alpha value is -3.20. The molecule has 0 aliphatic carbocycles. The number of ether oxygens (including phenoxy) is 1. The van der Waals surface area contributed by atoms with E-state index in [9.17, 15) is 22.0 Å². The van der Waals surface area contributed by atoms with Crippen molar-refractivity contribution in [3.63, 3.8) is 0 Å². The molecule has 0 bridgehead atoms. The van der Waals surface area contributed by atoms with Crippen molar-refractivity contribution in [3.8, 4) is 16.9 Å². The van der Waals surface area contributed by atoms with Crippen LogP contribution in [0.15, 0.2) is 53.5 Å². The molecule has 0 unspecified atom stereocenters. The number of hydrogen-bond acceptors (Lipinski definition) is 5. The number of sulfone groups is 1. The van der Waals surface area contributed by atoms with E-state index < -0.39 is 21.5 Å². The Labute approximate surface area is 172 Å². The van der Waals surface area contributed by atoms with Crippen molar-refractivity contribution >= 4 is 21.2 Å². The maximum absolute atomic E-state index is 14.2. The monoisotopic (exact) mass is 434 g/mol. The molecule has 3 rings (SSSR count). The summed E-state index contributed by atoms with van der Waals surface area (Å²) in [4.78, 5) is 12.1. The van der Waals surface area contributed by atoms with E-state index in [4.69, 9.17) is 4.74 Å². The zero-order valence-electron chi connectivity index (χ0n) is 16.6. The Balaban J connectivity index is 2.17. The van der Waals surface area contributed by atoms with Crippen LogP contribution in [-0.2, 0) is 22.6 Å². The van der Waals surface area contributed by atoms with Gasteiger partial charge >= 0.3 is 0 Å². The molecule has 30 heavy (non-hydrogen) atoms. The number of rotatable bonds is 6. The number of hydrogen-bond donors (Lipinski definition) is 1. The molecule has 9 heteroatoms. The van der Waals surface area contributed by atoms with Crippen molar-refractivity contribution in [2.24, 2.45) is 7.05 Å². The third-order valence-electron chi connectivity index (χ3n) is 4.39. The fraction of sp³-hybridized carbons (Fsp3) is 0.190. The number of nitrogens with zero attached hydrogens (tertiary/aromatic N) is 1. The van der Waals surface area contributed by atoms with Gasteiger partial charge in [0.1, 0.15) is 11.6 Å². The van der Waals surface area contributed by atoms with Crippen LogP contribution < -0.4 is 15.6 Å². The van der Waals surface area contributed by atoms with Gasteiger partial charge in [0.25, 0.3) is 5.56 Å². The van der Waals surface area contributed by atoms with E-state index in [-0.39, 0.29) is 22.7 Å². The van der Waals surface area contributed by atoms with Gasteiger partial charge < -0.3 is 14.6 Å². The van der Waals surface area contributed by atoms with E-state index in [2.05, 4.69) is 5.32 Å². The van der Waals surface area contributed by atoms with E-state index in [1.807, 2.05) is 0 Å². The molecular formula is C21H20F2N2O4S. The van der Waals surface area contributed by atoms with Crippen molar-refractivity contribution < 1.29 is 21.9 Å². The lowest BCUT2D eigenvalue weighted by Gasteiger charge is -2.16. The number of benzene rings is 2. The Kier molecular flexibility index (Phi) is 5.93. The highest BCUT2D eigenvalue weighted by atomic mass is 32.2. The topological polar surface area (TPSA) is 77.4 Å². The molecule has 0 amide bonds. The number of anilines is 2. The van der Waals surface area contributed by atoms with E-state index in [1.165, 1.54) is 23.8 Å². The first kappa shape index (κ1) is 21.5. The molecular weight excluding hydrogens is 414 g/mol. The largest absolute Gasteiger partial charge is 0.491 e. The van der Waals surface area contributed by atoms with E-state index >= 15 is 0 Å². The third-order valence-corrected chi connectivity index (χ3v) is 5.25. The van der Waals surface area contributed by atoms with Crippen molar-refractivity contribution in [1.29, 1.82) is 0 Å². The average Bonchev–Trinajstić information content (AvgIpc) is 2.66. The third kappa shape index (κ3) is 4.85. The first-order valence-corrected chi connectivity index (χ1v) is 10.9. The molecule has 0 saturated carbocycles. The van der Waals surface area contributed by atoms with Crippen LogP contribution in [0.2, 0.25) is 0 Å². The van der Waals surface area contributed by atoms with E-state index in [0.717, 1.165) is 18.4 Å². The quantitative estimate of drug-likeness (QED) is 0.641. The summed E-state index contributed by atoms with van der Waals surface area (Å²) in [5.74, 6) is -1.57. The van der Waals surface area contributed by atoms with Gasteiger partial charge in [-0.3, -0.25) is 4.79 Å². The van der Waals surface area contributed by atoms with Gasteiger partial charge in [0.15, 0.2) is 15.6 Å². The predicted molar refractivity (Wildman–Crippen MR) is 112 cm³/mol. The molecule has 0 spiro atoms. The average molecular weight is 434 g/mol. The molecule has 0 fully saturated rings. The lowest BCUT2D eigenvalue weighted by Crippen LogP contribution is -2.18. The zero-order chi connectivity index (χ0) is 22.1. The second-order valence-electron chi connectivity index (χ2n) is 6.91. The van der Waals surface area contributed by atoms with E-state index in [0.29, 0.717) is 22.4 Å². The second-order valence-corrected chi connectivity index (χ2v) is 9.05. The van der Waals surface area contributed by atoms with Gasteiger partial charge in [-0.15, -0.1) is 0 Å². The second kappa shape index (κ2) is 8.27. The maximum atomic E-state index is 14.2. The zero-order valence-corrected chi connectivity index (χ0v) is 17.4. The highest BCUT2D eigenvalue weighted by Gasteiger charge is 2.15. The number of aryl methyl sites for hydroxylation is 1. The van der Waals surface area contributed by atoms with Crippen molar-refractivity contribution in [2.45, 2.75) is 5.75 Å². The van der Waals surface area contributed by atoms with Crippen LogP contribution in [0.4, 0.5) is 20.2 Å². The molecule has 2 aromatic carbocycles. The van der Waals surface area contributed by atoms with Crippen LogP contribution in [-0.4, -0.2) is 26.4 Å². The summed E-state index contributed by atoms with van der Waals surface area (Å²) in [7, 11) is -0.363. The van der Waals surface area contributed by atoms with Gasteiger partial charge in [-0.05, 0) is 35.9 Å². The van der Waals surface area contributed by atoms with Crippen LogP contribution in [0.3, 0.4) is 0 Å². The molecule has 0 saturated heterocycles. The highest BCUT2D eigenvalue weighted by Crippen LogP contribution is 2.33. The smallest absolute Gasteiger partial charge is 0.292 e. The highest BCUT2D eigenvalue weighted by molar-refractivity contribution is 7.89. The summed E-state index contributed by atoms with van der Waals surface area (Å²) in [6.45, 7) is 0.